The number of aliphatic carboxylic acids is 1. The molecule has 1 aromatic rings. The molecule has 0 amide bonds. The van der Waals surface area contributed by atoms with Crippen molar-refractivity contribution in [3.05, 3.63) is 29.3 Å². The number of hydrogen-bond acceptors (Lipinski definition) is 3. The van der Waals surface area contributed by atoms with E-state index in [-0.39, 0.29) is 27.1 Å². The van der Waals surface area contributed by atoms with Gasteiger partial charge in [0.15, 0.2) is 0 Å². The maximum absolute atomic E-state index is 12.9. The summed E-state index contributed by atoms with van der Waals surface area (Å²) in [7, 11) is 0. The highest BCUT2D eigenvalue weighted by Gasteiger charge is 2.47. The van der Waals surface area contributed by atoms with E-state index in [9.17, 15) is 31.1 Å². The highest BCUT2D eigenvalue weighted by molar-refractivity contribution is 8.00. The molecule has 0 spiro atoms. The van der Waals surface area contributed by atoms with Crippen molar-refractivity contribution >= 4 is 35.6 Å². The summed E-state index contributed by atoms with van der Waals surface area (Å²) in [5.41, 5.74) is -5.42. The van der Waals surface area contributed by atoms with Gasteiger partial charge in [-0.3, -0.25) is 0 Å². The van der Waals surface area contributed by atoms with E-state index in [1.165, 1.54) is 0 Å². The number of benzene rings is 1. The average molecular weight is 360 g/mol. The zero-order valence-corrected chi connectivity index (χ0v) is 12.0. The van der Waals surface area contributed by atoms with E-state index in [1.54, 1.807) is 0 Å². The fourth-order valence-corrected chi connectivity index (χ4v) is 3.47. The molecule has 0 radical (unpaired) electrons. The number of hydrogen-bond donors (Lipinski definition) is 1. The lowest BCUT2D eigenvalue weighted by Gasteiger charge is -2.25. The number of fused-ring (bicyclic) bond motifs is 1. The molecule has 0 aliphatic carbocycles. The van der Waals surface area contributed by atoms with Crippen molar-refractivity contribution in [2.45, 2.75) is 26.7 Å². The summed E-state index contributed by atoms with van der Waals surface area (Å²) in [6, 6.07) is 3.20. The Morgan fingerprint density at radius 1 is 1.18 bits per heavy atom. The first-order valence-electron chi connectivity index (χ1n) is 5.55. The summed E-state index contributed by atoms with van der Waals surface area (Å²) >= 11 is -0.156. The van der Waals surface area contributed by atoms with E-state index < -0.39 is 40.2 Å². The van der Waals surface area contributed by atoms with Crippen LogP contribution in [0.1, 0.15) is 5.56 Å². The molecule has 1 heterocycles. The Labute approximate surface area is 128 Å². The van der Waals surface area contributed by atoms with Crippen LogP contribution in [0.2, 0.25) is 0 Å². The maximum Gasteiger partial charge on any atom is 0.446 e. The second-order valence-corrected chi connectivity index (χ2v) is 6.48. The standard InChI is InChI=1S/C12H6F6O2S2/c13-11(14,15)9-7(10(19)20)4-5-3-6(22-12(16,17)18)1-2-8(5)21-9/h1-4,9H,(H,19,20)/t9-/m0/s1. The molecule has 0 saturated heterocycles. The van der Waals surface area contributed by atoms with Gasteiger partial charge in [0.05, 0.1) is 5.57 Å². The van der Waals surface area contributed by atoms with Gasteiger partial charge in [-0.25, -0.2) is 4.79 Å². The van der Waals surface area contributed by atoms with Crippen molar-refractivity contribution in [2.24, 2.45) is 0 Å². The van der Waals surface area contributed by atoms with Gasteiger partial charge < -0.3 is 5.11 Å². The van der Waals surface area contributed by atoms with Crippen LogP contribution in [-0.2, 0) is 4.79 Å². The van der Waals surface area contributed by atoms with Crippen molar-refractivity contribution in [2.75, 3.05) is 0 Å². The van der Waals surface area contributed by atoms with Gasteiger partial charge >= 0.3 is 17.7 Å². The molecule has 1 aliphatic rings. The molecule has 0 bridgehead atoms. The first kappa shape index (κ1) is 17.1. The molecule has 22 heavy (non-hydrogen) atoms. The molecule has 2 nitrogen and oxygen atoms in total. The number of halogens is 6. The molecule has 1 aliphatic heterocycles. The highest BCUT2D eigenvalue weighted by Crippen LogP contribution is 2.46. The molecular weight excluding hydrogens is 354 g/mol. The van der Waals surface area contributed by atoms with Crippen LogP contribution < -0.4 is 0 Å². The lowest BCUT2D eigenvalue weighted by molar-refractivity contribution is -0.140. The van der Waals surface area contributed by atoms with Gasteiger partial charge in [-0.1, -0.05) is 0 Å². The molecule has 2 rings (SSSR count). The number of rotatable bonds is 2. The Kier molecular flexibility index (Phi) is 4.44. The predicted molar refractivity (Wildman–Crippen MR) is 69.7 cm³/mol. The Bertz CT molecular complexity index is 635. The van der Waals surface area contributed by atoms with Crippen molar-refractivity contribution < 1.29 is 36.2 Å². The molecule has 0 saturated carbocycles. The number of alkyl halides is 6. The van der Waals surface area contributed by atoms with E-state index in [0.29, 0.717) is 0 Å². The van der Waals surface area contributed by atoms with E-state index in [4.69, 9.17) is 5.11 Å². The van der Waals surface area contributed by atoms with Crippen molar-refractivity contribution in [1.82, 2.24) is 0 Å². The number of carboxylic acid groups (broad SMARTS) is 1. The van der Waals surface area contributed by atoms with Gasteiger partial charge in [-0.2, -0.15) is 26.3 Å². The Morgan fingerprint density at radius 2 is 1.82 bits per heavy atom. The largest absolute Gasteiger partial charge is 0.478 e. The minimum absolute atomic E-state index is 0.0251. The molecule has 1 aromatic carbocycles. The fraction of sp³-hybridized carbons (Fsp3) is 0.250. The van der Waals surface area contributed by atoms with Crippen LogP contribution in [0.15, 0.2) is 33.6 Å². The Morgan fingerprint density at radius 3 is 2.32 bits per heavy atom. The van der Waals surface area contributed by atoms with Crippen LogP contribution in [0.5, 0.6) is 0 Å². The third-order valence-corrected chi connectivity index (χ3v) is 4.70. The number of carboxylic acids is 1. The molecule has 0 fully saturated rings. The van der Waals surface area contributed by atoms with Crippen LogP contribution in [0.3, 0.4) is 0 Å². The van der Waals surface area contributed by atoms with Crippen molar-refractivity contribution in [3.63, 3.8) is 0 Å². The zero-order chi connectivity index (χ0) is 16.7. The Hall–Kier alpha value is -1.29. The maximum atomic E-state index is 12.9. The molecule has 10 heteroatoms. The van der Waals surface area contributed by atoms with Gasteiger partial charge in [0.1, 0.15) is 5.25 Å². The first-order valence-corrected chi connectivity index (χ1v) is 7.25. The third kappa shape index (κ3) is 3.92. The lowest BCUT2D eigenvalue weighted by Crippen LogP contribution is -2.32. The molecule has 1 N–H and O–H groups in total. The Balaban J connectivity index is 2.43. The second-order valence-electron chi connectivity index (χ2n) is 4.19. The minimum atomic E-state index is -4.77. The average Bonchev–Trinajstić information content (AvgIpc) is 2.33. The normalized spacial score (nSPS) is 18.6. The van der Waals surface area contributed by atoms with Gasteiger partial charge in [0.2, 0.25) is 0 Å². The summed E-state index contributed by atoms with van der Waals surface area (Å²) in [6.45, 7) is 0. The molecule has 0 aromatic heterocycles. The van der Waals surface area contributed by atoms with Crippen LogP contribution in [-0.4, -0.2) is 28.0 Å². The topological polar surface area (TPSA) is 37.3 Å². The minimum Gasteiger partial charge on any atom is -0.478 e. The van der Waals surface area contributed by atoms with Gasteiger partial charge in [0.25, 0.3) is 0 Å². The second kappa shape index (κ2) is 5.73. The predicted octanol–water partition coefficient (Wildman–Crippen LogP) is 4.80. The van der Waals surface area contributed by atoms with Gasteiger partial charge in [-0.15, -0.1) is 11.8 Å². The first-order chi connectivity index (χ1) is 9.97. The van der Waals surface area contributed by atoms with Crippen molar-refractivity contribution in [1.29, 1.82) is 0 Å². The van der Waals surface area contributed by atoms with E-state index in [0.717, 1.165) is 24.3 Å². The molecule has 0 unspecified atom stereocenters. The third-order valence-electron chi connectivity index (χ3n) is 2.60. The van der Waals surface area contributed by atoms with Crippen LogP contribution in [0, 0.1) is 0 Å². The monoisotopic (exact) mass is 360 g/mol. The molecular formula is C12H6F6O2S2. The van der Waals surface area contributed by atoms with E-state index >= 15 is 0 Å². The fourth-order valence-electron chi connectivity index (χ4n) is 1.79. The van der Waals surface area contributed by atoms with Crippen LogP contribution in [0.25, 0.3) is 6.08 Å². The quantitative estimate of drug-likeness (QED) is 0.607. The van der Waals surface area contributed by atoms with E-state index in [1.807, 2.05) is 0 Å². The SMILES string of the molecule is O=C(O)C1=Cc2cc(SC(F)(F)F)ccc2S[C@@H]1C(F)(F)F. The lowest BCUT2D eigenvalue weighted by atomic mass is 10.1. The van der Waals surface area contributed by atoms with Crippen LogP contribution >= 0.6 is 23.5 Å². The summed E-state index contributed by atoms with van der Waals surface area (Å²) in [5, 5.41) is 6.64. The smallest absolute Gasteiger partial charge is 0.446 e. The van der Waals surface area contributed by atoms with Crippen molar-refractivity contribution in [3.8, 4) is 0 Å². The van der Waals surface area contributed by atoms with Crippen LogP contribution in [0.4, 0.5) is 26.3 Å². The molecule has 120 valence electrons. The van der Waals surface area contributed by atoms with Gasteiger partial charge in [-0.05, 0) is 41.6 Å². The molecule has 1 atom stereocenters. The summed E-state index contributed by atoms with van der Waals surface area (Å²) in [4.78, 5) is 10.8. The summed E-state index contributed by atoms with van der Waals surface area (Å²) in [6.07, 6.45) is -4.00. The number of thioether (sulfide) groups is 2. The summed E-state index contributed by atoms with van der Waals surface area (Å²) < 4.78 is 75.5. The summed E-state index contributed by atoms with van der Waals surface area (Å²) in [5.74, 6) is -1.76. The van der Waals surface area contributed by atoms with E-state index in [2.05, 4.69) is 0 Å². The zero-order valence-electron chi connectivity index (χ0n) is 10.3. The van der Waals surface area contributed by atoms with Gasteiger partial charge in [0, 0.05) is 9.79 Å². The number of carbonyl (C=O) groups is 1. The highest BCUT2D eigenvalue weighted by atomic mass is 32.2.